The molecular weight excluding hydrogens is 316 g/mol. The maximum Gasteiger partial charge on any atom is 0.178 e. The molecule has 134 valence electrons. The molecule has 0 aromatic heterocycles. The fraction of sp³-hybridized carbons (Fsp3) is 0.667. The van der Waals surface area contributed by atoms with Gasteiger partial charge in [0.1, 0.15) is 18.0 Å². The van der Waals surface area contributed by atoms with Crippen LogP contribution in [0.1, 0.15) is 46.0 Å². The Hall–Kier alpha value is -1.39. The molecule has 0 radical (unpaired) electrons. The van der Waals surface area contributed by atoms with E-state index >= 15 is 0 Å². The number of epoxide rings is 1. The lowest BCUT2D eigenvalue weighted by atomic mass is 9.48. The van der Waals surface area contributed by atoms with Crippen molar-refractivity contribution in [2.24, 2.45) is 22.7 Å². The lowest BCUT2D eigenvalue weighted by Gasteiger charge is -2.54. The predicted octanol–water partition coefficient (Wildman–Crippen LogP) is 3.23. The Labute approximate surface area is 148 Å². The minimum Gasteiger partial charge on any atom is -0.510 e. The minimum absolute atomic E-state index is 0.0755. The number of aliphatic hydroxyl groups is 2. The van der Waals surface area contributed by atoms with Crippen LogP contribution in [0.3, 0.4) is 0 Å². The van der Waals surface area contributed by atoms with Crippen LogP contribution in [-0.4, -0.2) is 34.3 Å². The van der Waals surface area contributed by atoms with Crippen LogP contribution in [0.2, 0.25) is 0 Å². The van der Waals surface area contributed by atoms with E-state index in [4.69, 9.17) is 4.74 Å². The van der Waals surface area contributed by atoms with Gasteiger partial charge in [-0.3, -0.25) is 4.79 Å². The number of carbonyl (C=O) groups is 1. The van der Waals surface area contributed by atoms with Crippen molar-refractivity contribution in [2.75, 3.05) is 6.61 Å². The van der Waals surface area contributed by atoms with Crippen LogP contribution in [0.4, 0.5) is 0 Å². The second kappa shape index (κ2) is 4.66. The number of carbonyl (C=O) groups excluding carboxylic acids is 1. The van der Waals surface area contributed by atoms with Crippen molar-refractivity contribution in [3.63, 3.8) is 0 Å². The number of hydrogen-bond acceptors (Lipinski definition) is 4. The van der Waals surface area contributed by atoms with Crippen LogP contribution in [0, 0.1) is 22.7 Å². The highest BCUT2D eigenvalue weighted by Crippen LogP contribution is 2.75. The Bertz CT molecular complexity index is 762. The van der Waals surface area contributed by atoms with Gasteiger partial charge < -0.3 is 14.9 Å². The second-order valence-electron chi connectivity index (χ2n) is 9.00. The Morgan fingerprint density at radius 3 is 2.80 bits per heavy atom. The minimum atomic E-state index is -0.269. The molecule has 0 bridgehead atoms. The third-order valence-electron chi connectivity index (χ3n) is 8.22. The fourth-order valence-electron chi connectivity index (χ4n) is 7.03. The first-order valence-electron chi connectivity index (χ1n) is 9.51. The summed E-state index contributed by atoms with van der Waals surface area (Å²) in [7, 11) is 0. The van der Waals surface area contributed by atoms with Gasteiger partial charge in [0.05, 0.1) is 6.10 Å². The summed E-state index contributed by atoms with van der Waals surface area (Å²) in [4.78, 5) is 11.9. The second-order valence-corrected chi connectivity index (χ2v) is 9.00. The lowest BCUT2D eigenvalue weighted by molar-refractivity contribution is -0.111. The van der Waals surface area contributed by atoms with Gasteiger partial charge in [-0.05, 0) is 74.0 Å². The molecule has 5 rings (SSSR count). The van der Waals surface area contributed by atoms with Crippen LogP contribution in [0.25, 0.3) is 0 Å². The number of ether oxygens (including phenoxy) is 1. The molecule has 4 aliphatic carbocycles. The molecule has 0 unspecified atom stereocenters. The van der Waals surface area contributed by atoms with E-state index < -0.39 is 0 Å². The average Bonchev–Trinajstić information content (AvgIpc) is 3.20. The molecule has 4 heteroatoms. The van der Waals surface area contributed by atoms with Gasteiger partial charge in [-0.1, -0.05) is 18.6 Å². The first kappa shape index (κ1) is 15.8. The van der Waals surface area contributed by atoms with Gasteiger partial charge in [-0.25, -0.2) is 0 Å². The maximum absolute atomic E-state index is 11.9. The first-order chi connectivity index (χ1) is 11.9. The quantitative estimate of drug-likeness (QED) is 0.567. The summed E-state index contributed by atoms with van der Waals surface area (Å²) in [6, 6.07) is 0. The topological polar surface area (TPSA) is 70.1 Å². The van der Waals surface area contributed by atoms with E-state index in [1.165, 1.54) is 5.57 Å². The molecule has 25 heavy (non-hydrogen) atoms. The zero-order valence-corrected chi connectivity index (χ0v) is 14.9. The fourth-order valence-corrected chi connectivity index (χ4v) is 7.03. The monoisotopic (exact) mass is 342 g/mol. The highest BCUT2D eigenvalue weighted by Gasteiger charge is 2.78. The van der Waals surface area contributed by atoms with Crippen molar-refractivity contribution in [1.29, 1.82) is 0 Å². The molecule has 5 aliphatic rings. The van der Waals surface area contributed by atoms with E-state index in [0.29, 0.717) is 11.8 Å². The van der Waals surface area contributed by atoms with Gasteiger partial charge in [0.25, 0.3) is 0 Å². The van der Waals surface area contributed by atoms with Crippen LogP contribution >= 0.6 is 0 Å². The largest absolute Gasteiger partial charge is 0.510 e. The van der Waals surface area contributed by atoms with Crippen LogP contribution in [0.5, 0.6) is 0 Å². The molecule has 1 spiro atoms. The van der Waals surface area contributed by atoms with Gasteiger partial charge >= 0.3 is 0 Å². The lowest BCUT2D eigenvalue weighted by Crippen LogP contribution is -2.56. The molecule has 4 nitrogen and oxygen atoms in total. The third kappa shape index (κ3) is 1.68. The standard InChI is InChI=1S/C21H26O4/c1-19-10-18-21(25-18)15(14(19)5-6-16(19)17(24)11-22)4-3-12-9-13(23)7-8-20(12,21)2/h7-9,14-15,18,22,24H,3-6,10-11H2,1-2H3/t14-,15-,18-,19-,20-,21+/m0/s1. The molecule has 0 aromatic carbocycles. The number of fused-ring (bicyclic) bond motifs is 3. The van der Waals surface area contributed by atoms with Crippen molar-refractivity contribution in [3.8, 4) is 0 Å². The van der Waals surface area contributed by atoms with Gasteiger partial charge in [-0.15, -0.1) is 0 Å². The number of aliphatic hydroxyl groups excluding tert-OH is 2. The molecule has 4 fully saturated rings. The summed E-state index contributed by atoms with van der Waals surface area (Å²) in [5.41, 5.74) is 1.84. The molecule has 6 atom stereocenters. The van der Waals surface area contributed by atoms with E-state index in [1.54, 1.807) is 6.08 Å². The van der Waals surface area contributed by atoms with Crippen molar-refractivity contribution < 1.29 is 19.7 Å². The van der Waals surface area contributed by atoms with Crippen molar-refractivity contribution in [2.45, 2.75) is 57.7 Å². The van der Waals surface area contributed by atoms with E-state index in [2.05, 4.69) is 19.9 Å². The van der Waals surface area contributed by atoms with Gasteiger partial charge in [0.15, 0.2) is 5.78 Å². The average molecular weight is 342 g/mol. The molecule has 0 aromatic rings. The van der Waals surface area contributed by atoms with Gasteiger partial charge in [0.2, 0.25) is 0 Å². The van der Waals surface area contributed by atoms with Gasteiger partial charge in [-0.2, -0.15) is 0 Å². The predicted molar refractivity (Wildman–Crippen MR) is 92.9 cm³/mol. The molecule has 2 N–H and O–H groups in total. The van der Waals surface area contributed by atoms with E-state index in [9.17, 15) is 15.0 Å². The summed E-state index contributed by atoms with van der Waals surface area (Å²) in [6.07, 6.45) is 10.6. The molecule has 3 saturated carbocycles. The maximum atomic E-state index is 11.9. The van der Waals surface area contributed by atoms with Crippen LogP contribution in [0.15, 0.2) is 35.1 Å². The van der Waals surface area contributed by atoms with Crippen LogP contribution in [-0.2, 0) is 9.53 Å². The highest BCUT2D eigenvalue weighted by atomic mass is 16.6. The first-order valence-corrected chi connectivity index (χ1v) is 9.51. The summed E-state index contributed by atoms with van der Waals surface area (Å²) < 4.78 is 6.47. The Balaban J connectivity index is 1.59. The molecule has 0 amide bonds. The number of ketones is 1. The SMILES string of the molecule is C[C@]12C=CC(=O)C=C1CC[C@H]1[C@@H]3CCC(=C(O)CO)[C@@]3(C)C[C@@H]3O[C@@]312. The summed E-state index contributed by atoms with van der Waals surface area (Å²) in [5.74, 6) is 1.18. The van der Waals surface area contributed by atoms with E-state index in [0.717, 1.165) is 37.7 Å². The molecule has 1 saturated heterocycles. The zero-order valence-electron chi connectivity index (χ0n) is 14.9. The van der Waals surface area contributed by atoms with Crippen molar-refractivity contribution in [1.82, 2.24) is 0 Å². The third-order valence-corrected chi connectivity index (χ3v) is 8.22. The Morgan fingerprint density at radius 1 is 1.28 bits per heavy atom. The highest BCUT2D eigenvalue weighted by molar-refractivity contribution is 6.01. The Morgan fingerprint density at radius 2 is 2.04 bits per heavy atom. The summed E-state index contributed by atoms with van der Waals surface area (Å²) in [6.45, 7) is 4.23. The molecule has 1 aliphatic heterocycles. The number of rotatable bonds is 1. The number of hydrogen-bond donors (Lipinski definition) is 2. The summed E-state index contributed by atoms with van der Waals surface area (Å²) in [5, 5.41) is 19.7. The van der Waals surface area contributed by atoms with E-state index in [1.807, 2.05) is 6.08 Å². The molecular formula is C21H26O4. The zero-order chi connectivity index (χ0) is 17.6. The van der Waals surface area contributed by atoms with Gasteiger partial charge in [0, 0.05) is 5.41 Å². The van der Waals surface area contributed by atoms with E-state index in [-0.39, 0.29) is 40.7 Å². The van der Waals surface area contributed by atoms with Crippen molar-refractivity contribution >= 4 is 5.78 Å². The Kier molecular flexibility index (Phi) is 2.95. The summed E-state index contributed by atoms with van der Waals surface area (Å²) >= 11 is 0. The normalized spacial score (nSPS) is 51.9. The van der Waals surface area contributed by atoms with Crippen molar-refractivity contribution in [3.05, 3.63) is 35.1 Å². The molecule has 1 heterocycles. The smallest absolute Gasteiger partial charge is 0.178 e. The van der Waals surface area contributed by atoms with Crippen LogP contribution < -0.4 is 0 Å². The number of allylic oxidation sites excluding steroid dienone is 3.